The lowest BCUT2D eigenvalue weighted by Gasteiger charge is -2.42. The molecule has 0 aromatic heterocycles. The van der Waals surface area contributed by atoms with Gasteiger partial charge in [0.15, 0.2) is 0 Å². The third-order valence-corrected chi connectivity index (χ3v) is 2.82. The number of nitrogens with zero attached hydrogens (tertiary/aromatic N) is 2. The van der Waals surface area contributed by atoms with Crippen LogP contribution in [-0.2, 0) is 0 Å². The summed E-state index contributed by atoms with van der Waals surface area (Å²) < 4.78 is 75.8. The highest BCUT2D eigenvalue weighted by molar-refractivity contribution is 5.79. The number of hydrogen-bond donors (Lipinski definition) is 2. The summed E-state index contributed by atoms with van der Waals surface area (Å²) >= 11 is 0. The molecule has 0 aromatic carbocycles. The van der Waals surface area contributed by atoms with Crippen LogP contribution in [0, 0.1) is 0 Å². The quantitative estimate of drug-likeness (QED) is 0.635. The summed E-state index contributed by atoms with van der Waals surface area (Å²) in [5, 5.41) is 18.5. The molecule has 2 atom stereocenters. The Labute approximate surface area is 96.2 Å². The molecule has 2 amide bonds. The molecule has 1 aliphatic heterocycles. The van der Waals surface area contributed by atoms with Crippen LogP contribution in [0.15, 0.2) is 0 Å². The summed E-state index contributed by atoms with van der Waals surface area (Å²) in [7, 11) is 0.603. The zero-order valence-corrected chi connectivity index (χ0v) is 8.96. The third-order valence-electron chi connectivity index (χ3n) is 2.82. The Kier molecular flexibility index (Phi) is 2.81. The van der Waals surface area contributed by atoms with Gasteiger partial charge in [0.05, 0.1) is 0 Å². The highest BCUT2D eigenvalue weighted by Gasteiger charge is 2.85. The molecule has 18 heavy (non-hydrogen) atoms. The fourth-order valence-electron chi connectivity index (χ4n) is 1.75. The molecule has 0 radical (unpaired) electrons. The van der Waals surface area contributed by atoms with Gasteiger partial charge in [0, 0.05) is 14.1 Å². The molecule has 1 fully saturated rings. The van der Waals surface area contributed by atoms with E-state index >= 15 is 0 Å². The molecule has 1 aliphatic rings. The number of alkyl halides is 6. The van der Waals surface area contributed by atoms with E-state index in [1.807, 2.05) is 0 Å². The highest BCUT2D eigenvalue weighted by atomic mass is 19.4. The van der Waals surface area contributed by atoms with Crippen LogP contribution >= 0.6 is 0 Å². The van der Waals surface area contributed by atoms with Gasteiger partial charge in [-0.15, -0.1) is 0 Å². The van der Waals surface area contributed by atoms with Crippen LogP contribution in [0.5, 0.6) is 0 Å². The van der Waals surface area contributed by atoms with Crippen LogP contribution in [-0.4, -0.2) is 63.9 Å². The lowest BCUT2D eigenvalue weighted by atomic mass is 9.98. The molecule has 2 N–H and O–H groups in total. The summed E-state index contributed by atoms with van der Waals surface area (Å²) in [6.45, 7) is 0. The Morgan fingerprint density at radius 2 is 1.11 bits per heavy atom. The van der Waals surface area contributed by atoms with Crippen LogP contribution in [0.1, 0.15) is 0 Å². The molecule has 1 saturated heterocycles. The van der Waals surface area contributed by atoms with Crippen molar-refractivity contribution in [1.29, 1.82) is 0 Å². The summed E-state index contributed by atoms with van der Waals surface area (Å²) in [4.78, 5) is 9.94. The van der Waals surface area contributed by atoms with Gasteiger partial charge in [-0.1, -0.05) is 0 Å². The molecule has 0 spiro atoms. The van der Waals surface area contributed by atoms with E-state index in [0.29, 0.717) is 14.1 Å². The number of halogens is 6. The molecule has 106 valence electrons. The Morgan fingerprint density at radius 1 is 0.889 bits per heavy atom. The summed E-state index contributed by atoms with van der Waals surface area (Å²) in [6, 6.07) is -1.82. The summed E-state index contributed by atoms with van der Waals surface area (Å²) in [5.74, 6) is 0. The average molecular weight is 282 g/mol. The van der Waals surface area contributed by atoms with Crippen LogP contribution < -0.4 is 0 Å². The van der Waals surface area contributed by atoms with Crippen LogP contribution in [0.2, 0.25) is 0 Å². The fraction of sp³-hybridized carbons (Fsp3) is 0.857. The minimum atomic E-state index is -5.91. The molecule has 11 heteroatoms. The molecule has 2 unspecified atom stereocenters. The van der Waals surface area contributed by atoms with Crippen molar-refractivity contribution < 1.29 is 41.4 Å². The van der Waals surface area contributed by atoms with Gasteiger partial charge in [0.25, 0.3) is 11.4 Å². The topological polar surface area (TPSA) is 64.0 Å². The van der Waals surface area contributed by atoms with E-state index in [2.05, 4.69) is 0 Å². The molecule has 0 aliphatic carbocycles. The Bertz CT molecular complexity index is 348. The molecule has 1 rings (SSSR count). The average Bonchev–Trinajstić information content (AvgIpc) is 2.31. The second-order valence-electron chi connectivity index (χ2n) is 3.74. The number of carbonyl (C=O) groups is 1. The maximum atomic E-state index is 12.6. The van der Waals surface area contributed by atoms with E-state index in [1.54, 1.807) is 0 Å². The Morgan fingerprint density at radius 3 is 1.28 bits per heavy atom. The van der Waals surface area contributed by atoms with Crippen molar-refractivity contribution in [3.05, 3.63) is 0 Å². The molecule has 0 bridgehead atoms. The van der Waals surface area contributed by atoms with Gasteiger partial charge in [0.2, 0.25) is 0 Å². The summed E-state index contributed by atoms with van der Waals surface area (Å²) in [5.41, 5.74) is -9.58. The molecule has 5 nitrogen and oxygen atoms in total. The SMILES string of the molecule is CN1C(=O)N(C)C(O)(C(F)(F)F)C1(O)C(F)(F)F. The number of aliphatic hydroxyl groups is 2. The van der Waals surface area contributed by atoms with E-state index in [0.717, 1.165) is 0 Å². The predicted octanol–water partition coefficient (Wildman–Crippen LogP) is 0.485. The van der Waals surface area contributed by atoms with E-state index in [4.69, 9.17) is 0 Å². The molecular weight excluding hydrogens is 274 g/mol. The Hall–Kier alpha value is -1.23. The van der Waals surface area contributed by atoms with Gasteiger partial charge < -0.3 is 10.2 Å². The van der Waals surface area contributed by atoms with Crippen LogP contribution in [0.3, 0.4) is 0 Å². The lowest BCUT2D eigenvalue weighted by molar-refractivity contribution is -0.421. The van der Waals surface area contributed by atoms with Crippen molar-refractivity contribution in [1.82, 2.24) is 9.80 Å². The maximum absolute atomic E-state index is 12.6. The van der Waals surface area contributed by atoms with Crippen molar-refractivity contribution >= 4 is 6.03 Å². The normalized spacial score (nSPS) is 34.4. The number of likely N-dealkylation sites (N-methyl/N-ethyl adjacent to an activating group) is 2. The van der Waals surface area contributed by atoms with E-state index < -0.39 is 39.6 Å². The number of urea groups is 1. The first-order valence-corrected chi connectivity index (χ1v) is 4.32. The van der Waals surface area contributed by atoms with E-state index in [1.165, 1.54) is 0 Å². The smallest absolute Gasteiger partial charge is 0.359 e. The maximum Gasteiger partial charge on any atom is 0.442 e. The van der Waals surface area contributed by atoms with Gasteiger partial charge in [0.1, 0.15) is 0 Å². The zero-order valence-electron chi connectivity index (χ0n) is 8.96. The Balaban J connectivity index is 3.61. The number of carbonyl (C=O) groups excluding carboxylic acids is 1. The van der Waals surface area contributed by atoms with Crippen LogP contribution in [0.25, 0.3) is 0 Å². The number of rotatable bonds is 0. The second-order valence-corrected chi connectivity index (χ2v) is 3.74. The minimum absolute atomic E-state index is 0.302. The first-order chi connectivity index (χ1) is 7.73. The lowest BCUT2D eigenvalue weighted by Crippen LogP contribution is -2.74. The fourth-order valence-corrected chi connectivity index (χ4v) is 1.75. The van der Waals surface area contributed by atoms with Crippen molar-refractivity contribution in [2.75, 3.05) is 14.1 Å². The van der Waals surface area contributed by atoms with E-state index in [9.17, 15) is 41.4 Å². The van der Waals surface area contributed by atoms with Crippen LogP contribution in [0.4, 0.5) is 31.1 Å². The highest BCUT2D eigenvalue weighted by Crippen LogP contribution is 2.53. The van der Waals surface area contributed by atoms with Crippen molar-refractivity contribution in [2.24, 2.45) is 0 Å². The van der Waals surface area contributed by atoms with Crippen molar-refractivity contribution in [2.45, 2.75) is 23.8 Å². The monoisotopic (exact) mass is 282 g/mol. The van der Waals surface area contributed by atoms with Gasteiger partial charge >= 0.3 is 18.4 Å². The van der Waals surface area contributed by atoms with E-state index in [-0.39, 0.29) is 0 Å². The predicted molar refractivity (Wildman–Crippen MR) is 42.9 cm³/mol. The number of hydrogen-bond acceptors (Lipinski definition) is 3. The molecule has 0 saturated carbocycles. The van der Waals surface area contributed by atoms with Gasteiger partial charge in [-0.25, -0.2) is 4.79 Å². The van der Waals surface area contributed by atoms with Crippen molar-refractivity contribution in [3.8, 4) is 0 Å². The van der Waals surface area contributed by atoms with Gasteiger partial charge in [-0.3, -0.25) is 9.80 Å². The second kappa shape index (κ2) is 3.41. The van der Waals surface area contributed by atoms with Crippen molar-refractivity contribution in [3.63, 3.8) is 0 Å². The summed E-state index contributed by atoms with van der Waals surface area (Å²) in [6.07, 6.45) is -11.8. The molecular formula is C7H8F6N2O3. The zero-order chi connectivity index (χ0) is 14.7. The first-order valence-electron chi connectivity index (χ1n) is 4.32. The van der Waals surface area contributed by atoms with Gasteiger partial charge in [-0.2, -0.15) is 26.3 Å². The minimum Gasteiger partial charge on any atom is -0.359 e. The standard InChI is InChI=1S/C7H8F6N2O3/c1-14-3(16)15(2)5(18,7(11,12)13)4(14,17)6(8,9)10/h17-18H,1-2H3. The molecule has 1 heterocycles. The largest absolute Gasteiger partial charge is 0.442 e. The van der Waals surface area contributed by atoms with Gasteiger partial charge in [-0.05, 0) is 0 Å². The first kappa shape index (κ1) is 14.8. The third kappa shape index (κ3) is 1.34. The number of amides is 2. The molecule has 0 aromatic rings.